The predicted molar refractivity (Wildman–Crippen MR) is 85.7 cm³/mol. The van der Waals surface area contributed by atoms with Gasteiger partial charge in [-0.3, -0.25) is 4.79 Å². The Kier molecular flexibility index (Phi) is 4.31. The van der Waals surface area contributed by atoms with Gasteiger partial charge in [-0.2, -0.15) is 5.26 Å². The number of rotatable bonds is 3. The van der Waals surface area contributed by atoms with E-state index in [1.165, 1.54) is 11.3 Å². The average Bonchev–Trinajstić information content (AvgIpc) is 2.74. The third-order valence-corrected chi connectivity index (χ3v) is 4.65. The molecule has 0 radical (unpaired) electrons. The van der Waals surface area contributed by atoms with Gasteiger partial charge in [-0.05, 0) is 19.1 Å². The van der Waals surface area contributed by atoms with E-state index in [0.717, 1.165) is 14.6 Å². The van der Waals surface area contributed by atoms with Crippen molar-refractivity contribution in [2.24, 2.45) is 5.92 Å². The Balaban J connectivity index is 2.35. The first-order valence-electron chi connectivity index (χ1n) is 6.06. The number of halogens is 1. The fourth-order valence-electron chi connectivity index (χ4n) is 1.96. The van der Waals surface area contributed by atoms with E-state index < -0.39 is 0 Å². The highest BCUT2D eigenvalue weighted by Gasteiger charge is 2.20. The number of nitrogens with zero attached hydrogens (tertiary/aromatic N) is 2. The molecular formula is C14H14BrN3OS. The predicted octanol–water partition coefficient (Wildman–Crippen LogP) is 3.48. The molecule has 20 heavy (non-hydrogen) atoms. The smallest absolute Gasteiger partial charge is 0.265 e. The minimum Gasteiger partial charge on any atom is -0.397 e. The molecule has 0 aliphatic carbocycles. The zero-order chi connectivity index (χ0) is 14.9. The average molecular weight is 352 g/mol. The van der Waals surface area contributed by atoms with Crippen LogP contribution in [0.4, 0.5) is 5.69 Å². The van der Waals surface area contributed by atoms with Gasteiger partial charge in [-0.1, -0.05) is 22.0 Å². The number of anilines is 1. The highest BCUT2D eigenvalue weighted by atomic mass is 79.9. The summed E-state index contributed by atoms with van der Waals surface area (Å²) in [6.07, 6.45) is 0. The van der Waals surface area contributed by atoms with Gasteiger partial charge < -0.3 is 10.6 Å². The van der Waals surface area contributed by atoms with Crippen molar-refractivity contribution in [3.8, 4) is 6.07 Å². The number of amides is 1. The lowest BCUT2D eigenvalue weighted by Gasteiger charge is -2.17. The molecule has 4 nitrogen and oxygen atoms in total. The van der Waals surface area contributed by atoms with E-state index in [9.17, 15) is 4.79 Å². The zero-order valence-corrected chi connectivity index (χ0v) is 13.6. The van der Waals surface area contributed by atoms with Gasteiger partial charge in [0.15, 0.2) is 0 Å². The van der Waals surface area contributed by atoms with Crippen LogP contribution in [0.5, 0.6) is 0 Å². The van der Waals surface area contributed by atoms with Crippen LogP contribution in [0.3, 0.4) is 0 Å². The summed E-state index contributed by atoms with van der Waals surface area (Å²) in [4.78, 5) is 14.5. The van der Waals surface area contributed by atoms with Gasteiger partial charge >= 0.3 is 0 Å². The van der Waals surface area contributed by atoms with Gasteiger partial charge in [0.2, 0.25) is 0 Å². The summed E-state index contributed by atoms with van der Waals surface area (Å²) < 4.78 is 1.93. The summed E-state index contributed by atoms with van der Waals surface area (Å²) in [6, 6.07) is 7.88. The molecule has 0 saturated heterocycles. The number of hydrogen-bond acceptors (Lipinski definition) is 4. The monoisotopic (exact) mass is 351 g/mol. The highest BCUT2D eigenvalue weighted by Crippen LogP contribution is 2.35. The van der Waals surface area contributed by atoms with Crippen LogP contribution in [0.15, 0.2) is 22.7 Å². The molecule has 1 heterocycles. The number of fused-ring (bicyclic) bond motifs is 1. The molecule has 0 aliphatic rings. The Morgan fingerprint density at radius 1 is 1.60 bits per heavy atom. The Hall–Kier alpha value is -1.58. The van der Waals surface area contributed by atoms with E-state index in [0.29, 0.717) is 17.1 Å². The van der Waals surface area contributed by atoms with Gasteiger partial charge in [-0.25, -0.2) is 0 Å². The Labute approximate surface area is 129 Å². The number of thiophene rings is 1. The second-order valence-corrected chi connectivity index (χ2v) is 6.67. The maximum Gasteiger partial charge on any atom is 0.265 e. The molecule has 0 aliphatic heterocycles. The summed E-state index contributed by atoms with van der Waals surface area (Å²) >= 11 is 4.79. The number of benzene rings is 1. The molecule has 1 aromatic carbocycles. The summed E-state index contributed by atoms with van der Waals surface area (Å²) in [5, 5.41) is 9.71. The molecule has 1 amide bonds. The van der Waals surface area contributed by atoms with Crippen LogP contribution in [0.1, 0.15) is 16.6 Å². The number of nitrogen functional groups attached to an aromatic ring is 1. The fourth-order valence-corrected chi connectivity index (χ4v) is 3.63. The van der Waals surface area contributed by atoms with E-state index in [4.69, 9.17) is 11.0 Å². The lowest BCUT2D eigenvalue weighted by molar-refractivity contribution is 0.0791. The molecule has 2 N–H and O–H groups in total. The van der Waals surface area contributed by atoms with Crippen LogP contribution in [-0.4, -0.2) is 24.4 Å². The summed E-state index contributed by atoms with van der Waals surface area (Å²) in [5.74, 6) is -0.337. The van der Waals surface area contributed by atoms with Crippen molar-refractivity contribution in [3.63, 3.8) is 0 Å². The SMILES string of the molecule is CC(C#N)CN(C)C(=O)c1sc2cc(Br)ccc2c1N. The topological polar surface area (TPSA) is 70.1 Å². The zero-order valence-electron chi connectivity index (χ0n) is 11.2. The van der Waals surface area contributed by atoms with E-state index in [-0.39, 0.29) is 11.8 Å². The van der Waals surface area contributed by atoms with Crippen LogP contribution >= 0.6 is 27.3 Å². The molecule has 0 saturated carbocycles. The molecule has 6 heteroatoms. The molecule has 1 aromatic heterocycles. The molecule has 2 aromatic rings. The Morgan fingerprint density at radius 2 is 2.30 bits per heavy atom. The van der Waals surface area contributed by atoms with Crippen molar-refractivity contribution in [3.05, 3.63) is 27.5 Å². The van der Waals surface area contributed by atoms with Gasteiger partial charge in [0, 0.05) is 28.2 Å². The van der Waals surface area contributed by atoms with Crippen molar-refractivity contribution in [2.75, 3.05) is 19.3 Å². The summed E-state index contributed by atoms with van der Waals surface area (Å²) in [7, 11) is 1.69. The van der Waals surface area contributed by atoms with Crippen molar-refractivity contribution in [1.29, 1.82) is 5.26 Å². The molecule has 1 unspecified atom stereocenters. The number of nitriles is 1. The molecular weight excluding hydrogens is 338 g/mol. The number of carbonyl (C=O) groups excluding carboxylic acids is 1. The van der Waals surface area contributed by atoms with Crippen molar-refractivity contribution < 1.29 is 4.79 Å². The second-order valence-electron chi connectivity index (χ2n) is 4.70. The lowest BCUT2D eigenvalue weighted by atomic mass is 10.2. The normalized spacial score (nSPS) is 12.1. The minimum absolute atomic E-state index is 0.137. The van der Waals surface area contributed by atoms with Crippen LogP contribution in [0, 0.1) is 17.2 Å². The molecule has 0 fully saturated rings. The maximum absolute atomic E-state index is 12.4. The number of carbonyl (C=O) groups is 1. The maximum atomic E-state index is 12.4. The van der Waals surface area contributed by atoms with Crippen molar-refractivity contribution in [2.45, 2.75) is 6.92 Å². The Morgan fingerprint density at radius 3 is 2.95 bits per heavy atom. The molecule has 104 valence electrons. The van der Waals surface area contributed by atoms with Crippen LogP contribution in [0.2, 0.25) is 0 Å². The van der Waals surface area contributed by atoms with E-state index in [1.807, 2.05) is 18.2 Å². The number of nitrogens with two attached hydrogens (primary N) is 1. The molecule has 0 spiro atoms. The highest BCUT2D eigenvalue weighted by molar-refractivity contribution is 9.10. The first-order valence-corrected chi connectivity index (χ1v) is 7.67. The van der Waals surface area contributed by atoms with Gasteiger partial charge in [0.1, 0.15) is 4.88 Å². The van der Waals surface area contributed by atoms with Crippen LogP contribution in [0.25, 0.3) is 10.1 Å². The first-order chi connectivity index (χ1) is 9.43. The first kappa shape index (κ1) is 14.8. The van der Waals surface area contributed by atoms with Crippen LogP contribution < -0.4 is 5.73 Å². The van der Waals surface area contributed by atoms with Gasteiger partial charge in [-0.15, -0.1) is 11.3 Å². The van der Waals surface area contributed by atoms with E-state index >= 15 is 0 Å². The Bertz CT molecular complexity index is 704. The lowest BCUT2D eigenvalue weighted by Crippen LogP contribution is -2.30. The van der Waals surface area contributed by atoms with Gasteiger partial charge in [0.05, 0.1) is 17.7 Å². The summed E-state index contributed by atoms with van der Waals surface area (Å²) in [6.45, 7) is 2.18. The summed E-state index contributed by atoms with van der Waals surface area (Å²) in [5.41, 5.74) is 6.59. The van der Waals surface area contributed by atoms with E-state index in [2.05, 4.69) is 22.0 Å². The van der Waals surface area contributed by atoms with Crippen molar-refractivity contribution in [1.82, 2.24) is 4.90 Å². The fraction of sp³-hybridized carbons (Fsp3) is 0.286. The molecule has 2 rings (SSSR count). The largest absolute Gasteiger partial charge is 0.397 e. The van der Waals surface area contributed by atoms with Crippen molar-refractivity contribution >= 4 is 48.9 Å². The van der Waals surface area contributed by atoms with Crippen LogP contribution in [-0.2, 0) is 0 Å². The van der Waals surface area contributed by atoms with Gasteiger partial charge in [0.25, 0.3) is 5.91 Å². The number of hydrogen-bond donors (Lipinski definition) is 1. The molecule has 0 bridgehead atoms. The standard InChI is InChI=1S/C14H14BrN3OS/c1-8(6-16)7-18(2)14(19)13-12(17)10-4-3-9(15)5-11(10)20-13/h3-5,8H,7,17H2,1-2H3. The second kappa shape index (κ2) is 5.81. The minimum atomic E-state index is -0.200. The molecule has 1 atom stereocenters. The third kappa shape index (κ3) is 2.79. The quantitative estimate of drug-likeness (QED) is 0.919. The third-order valence-electron chi connectivity index (χ3n) is 3.00. The van der Waals surface area contributed by atoms with E-state index in [1.54, 1.807) is 18.9 Å².